The number of rotatable bonds is 5. The SMILES string of the molecule is COC(=O)c1ccc(-c2ccc3c(c2)cc(-c2c(F)cccc2F)n3S(=O)(=O)c2ccccc2)c(C)c1. The minimum atomic E-state index is -4.21. The maximum absolute atomic E-state index is 14.9. The number of ether oxygens (including phenoxy) is 1. The van der Waals surface area contributed by atoms with Gasteiger partial charge in [-0.3, -0.25) is 0 Å². The summed E-state index contributed by atoms with van der Waals surface area (Å²) in [6.07, 6.45) is 0. The summed E-state index contributed by atoms with van der Waals surface area (Å²) >= 11 is 0. The van der Waals surface area contributed by atoms with E-state index in [1.165, 1.54) is 31.4 Å². The molecule has 0 atom stereocenters. The molecule has 0 bridgehead atoms. The van der Waals surface area contributed by atoms with Crippen LogP contribution < -0.4 is 0 Å². The Labute approximate surface area is 212 Å². The molecule has 0 radical (unpaired) electrons. The van der Waals surface area contributed by atoms with Crippen molar-refractivity contribution in [2.24, 2.45) is 0 Å². The van der Waals surface area contributed by atoms with Gasteiger partial charge in [-0.2, -0.15) is 0 Å². The molecule has 0 fully saturated rings. The van der Waals surface area contributed by atoms with E-state index in [1.807, 2.05) is 6.92 Å². The predicted molar refractivity (Wildman–Crippen MR) is 138 cm³/mol. The van der Waals surface area contributed by atoms with Crippen molar-refractivity contribution in [3.63, 3.8) is 0 Å². The zero-order valence-corrected chi connectivity index (χ0v) is 20.7. The number of aromatic nitrogens is 1. The standard InChI is InChI=1S/C29H21F2NO4S/c1-18-15-20(29(33)36-2)11-13-23(18)19-12-14-26-21(16-19)17-27(28-24(30)9-6-10-25(28)31)32(26)37(34,35)22-7-4-3-5-8-22/h3-17H,1-2H3. The summed E-state index contributed by atoms with van der Waals surface area (Å²) in [6, 6.07) is 22.8. The first-order valence-electron chi connectivity index (χ1n) is 11.3. The van der Waals surface area contributed by atoms with Crippen molar-refractivity contribution in [2.75, 3.05) is 7.11 Å². The fraction of sp³-hybridized carbons (Fsp3) is 0.0690. The second kappa shape index (κ2) is 9.29. The number of esters is 1. The van der Waals surface area contributed by atoms with E-state index in [-0.39, 0.29) is 16.1 Å². The average molecular weight is 518 g/mol. The van der Waals surface area contributed by atoms with E-state index in [4.69, 9.17) is 4.74 Å². The van der Waals surface area contributed by atoms with Crippen LogP contribution in [0.4, 0.5) is 8.78 Å². The van der Waals surface area contributed by atoms with E-state index >= 15 is 0 Å². The molecule has 1 heterocycles. The molecule has 0 saturated heterocycles. The minimum Gasteiger partial charge on any atom is -0.465 e. The highest BCUT2D eigenvalue weighted by atomic mass is 32.2. The highest BCUT2D eigenvalue weighted by Gasteiger charge is 2.27. The smallest absolute Gasteiger partial charge is 0.337 e. The number of hydrogen-bond donors (Lipinski definition) is 0. The number of benzene rings is 4. The summed E-state index contributed by atoms with van der Waals surface area (Å²) in [4.78, 5) is 11.9. The Balaban J connectivity index is 1.77. The maximum atomic E-state index is 14.9. The minimum absolute atomic E-state index is 0.0104. The highest BCUT2D eigenvalue weighted by molar-refractivity contribution is 7.90. The molecule has 8 heteroatoms. The van der Waals surface area contributed by atoms with Crippen LogP contribution in [0.15, 0.2) is 95.9 Å². The predicted octanol–water partition coefficient (Wildman–Crippen LogP) is 6.59. The molecular formula is C29H21F2NO4S. The van der Waals surface area contributed by atoms with Crippen molar-refractivity contribution in [1.29, 1.82) is 0 Å². The lowest BCUT2D eigenvalue weighted by molar-refractivity contribution is 0.0600. The molecule has 0 aliphatic heterocycles. The molecule has 0 unspecified atom stereocenters. The molecule has 0 amide bonds. The van der Waals surface area contributed by atoms with Crippen molar-refractivity contribution in [3.05, 3.63) is 114 Å². The summed E-state index contributed by atoms with van der Waals surface area (Å²) in [7, 11) is -2.90. The average Bonchev–Trinajstić information content (AvgIpc) is 3.27. The summed E-state index contributed by atoms with van der Waals surface area (Å²) < 4.78 is 63.0. The quantitative estimate of drug-likeness (QED) is 0.247. The second-order valence-corrected chi connectivity index (χ2v) is 10.3. The van der Waals surface area contributed by atoms with Crippen molar-refractivity contribution in [1.82, 2.24) is 3.97 Å². The van der Waals surface area contributed by atoms with Gasteiger partial charge in [0.1, 0.15) is 11.6 Å². The molecule has 37 heavy (non-hydrogen) atoms. The van der Waals surface area contributed by atoms with Crippen LogP contribution in [0.3, 0.4) is 0 Å². The Morgan fingerprint density at radius 2 is 1.54 bits per heavy atom. The van der Waals surface area contributed by atoms with Gasteiger partial charge in [-0.05, 0) is 78.2 Å². The molecule has 5 nitrogen and oxygen atoms in total. The topological polar surface area (TPSA) is 65.4 Å². The highest BCUT2D eigenvalue weighted by Crippen LogP contribution is 2.37. The molecular weight excluding hydrogens is 496 g/mol. The van der Waals surface area contributed by atoms with Crippen LogP contribution in [-0.2, 0) is 14.8 Å². The van der Waals surface area contributed by atoms with Crippen LogP contribution in [0.1, 0.15) is 15.9 Å². The fourth-order valence-corrected chi connectivity index (χ4v) is 6.00. The van der Waals surface area contributed by atoms with E-state index in [0.717, 1.165) is 32.8 Å². The second-order valence-electron chi connectivity index (χ2n) is 8.50. The van der Waals surface area contributed by atoms with Gasteiger partial charge in [-0.25, -0.2) is 26.0 Å². The number of methoxy groups -OCH3 is 1. The van der Waals surface area contributed by atoms with E-state index < -0.39 is 33.2 Å². The first-order valence-corrected chi connectivity index (χ1v) is 12.8. The monoisotopic (exact) mass is 517 g/mol. The number of carbonyl (C=O) groups excluding carboxylic acids is 1. The number of aryl methyl sites for hydroxylation is 1. The van der Waals surface area contributed by atoms with Gasteiger partial charge in [-0.15, -0.1) is 0 Å². The lowest BCUT2D eigenvalue weighted by atomic mass is 9.97. The Bertz CT molecular complexity index is 1760. The van der Waals surface area contributed by atoms with Crippen molar-refractivity contribution >= 4 is 26.9 Å². The maximum Gasteiger partial charge on any atom is 0.337 e. The van der Waals surface area contributed by atoms with Gasteiger partial charge in [0.05, 0.1) is 34.3 Å². The third-order valence-corrected chi connectivity index (χ3v) is 7.96. The summed E-state index contributed by atoms with van der Waals surface area (Å²) in [5.41, 5.74) is 2.49. The number of hydrogen-bond acceptors (Lipinski definition) is 4. The van der Waals surface area contributed by atoms with Crippen molar-refractivity contribution in [2.45, 2.75) is 11.8 Å². The molecule has 186 valence electrons. The Morgan fingerprint density at radius 1 is 0.838 bits per heavy atom. The molecule has 4 aromatic carbocycles. The molecule has 1 aromatic heterocycles. The van der Waals surface area contributed by atoms with Gasteiger partial charge in [0.15, 0.2) is 0 Å². The third kappa shape index (κ3) is 4.19. The number of carbonyl (C=O) groups is 1. The summed E-state index contributed by atoms with van der Waals surface area (Å²) in [5, 5.41) is 0.478. The largest absolute Gasteiger partial charge is 0.465 e. The number of fused-ring (bicyclic) bond motifs is 1. The van der Waals surface area contributed by atoms with Crippen molar-refractivity contribution in [3.8, 4) is 22.4 Å². The molecule has 0 saturated carbocycles. The van der Waals surface area contributed by atoms with E-state index in [0.29, 0.717) is 10.9 Å². The fourth-order valence-electron chi connectivity index (χ4n) is 4.46. The van der Waals surface area contributed by atoms with E-state index in [9.17, 15) is 22.0 Å². The first kappa shape index (κ1) is 24.4. The number of halogens is 2. The zero-order chi connectivity index (χ0) is 26.3. The first-order chi connectivity index (χ1) is 17.7. The number of nitrogens with zero attached hydrogens (tertiary/aromatic N) is 1. The molecule has 5 aromatic rings. The van der Waals surface area contributed by atoms with Crippen LogP contribution in [0.2, 0.25) is 0 Å². The van der Waals surface area contributed by atoms with Gasteiger partial charge in [0, 0.05) is 5.39 Å². The molecule has 0 spiro atoms. The Hall–Kier alpha value is -4.30. The van der Waals surface area contributed by atoms with Gasteiger partial charge >= 0.3 is 5.97 Å². The summed E-state index contributed by atoms with van der Waals surface area (Å²) in [5.74, 6) is -2.20. The van der Waals surface area contributed by atoms with Gasteiger partial charge in [-0.1, -0.05) is 36.4 Å². The van der Waals surface area contributed by atoms with Gasteiger partial charge in [0.2, 0.25) is 0 Å². The molecule has 0 aliphatic rings. The Kier molecular flexibility index (Phi) is 6.13. The van der Waals surface area contributed by atoms with Gasteiger partial charge in [0.25, 0.3) is 10.0 Å². The lowest BCUT2D eigenvalue weighted by Gasteiger charge is -2.13. The van der Waals surface area contributed by atoms with Gasteiger partial charge < -0.3 is 4.74 Å². The lowest BCUT2D eigenvalue weighted by Crippen LogP contribution is -2.14. The molecule has 0 aliphatic carbocycles. The van der Waals surface area contributed by atoms with E-state index in [2.05, 4.69) is 0 Å². The normalized spacial score (nSPS) is 11.6. The summed E-state index contributed by atoms with van der Waals surface area (Å²) in [6.45, 7) is 1.84. The third-order valence-electron chi connectivity index (χ3n) is 6.22. The zero-order valence-electron chi connectivity index (χ0n) is 19.9. The molecule has 0 N–H and O–H groups in total. The molecule has 5 rings (SSSR count). The van der Waals surface area contributed by atoms with Crippen LogP contribution in [0, 0.1) is 18.6 Å². The van der Waals surface area contributed by atoms with Crippen LogP contribution >= 0.6 is 0 Å². The van der Waals surface area contributed by atoms with Crippen LogP contribution in [-0.4, -0.2) is 25.5 Å². The Morgan fingerprint density at radius 3 is 2.19 bits per heavy atom. The van der Waals surface area contributed by atoms with Crippen molar-refractivity contribution < 1.29 is 26.7 Å². The van der Waals surface area contributed by atoms with Crippen LogP contribution in [0.25, 0.3) is 33.3 Å². The van der Waals surface area contributed by atoms with E-state index in [1.54, 1.807) is 54.6 Å². The van der Waals surface area contributed by atoms with Crippen LogP contribution in [0.5, 0.6) is 0 Å².